The standard InChI is InChI=1S/C16H19Cl2NO/c17-13-6-9(7-14(18)16(13)20)19-15-5-8-4-12(15)11-3-1-2-10(8)11/h6-8,10-12,15,19-20H,1-5H2. The highest BCUT2D eigenvalue weighted by atomic mass is 35.5. The Bertz CT molecular complexity index is 524. The van der Waals surface area contributed by atoms with E-state index in [1.54, 1.807) is 12.1 Å². The van der Waals surface area contributed by atoms with Gasteiger partial charge in [-0.1, -0.05) is 29.6 Å². The first-order chi connectivity index (χ1) is 9.63. The second-order valence-electron chi connectivity index (χ2n) is 6.69. The van der Waals surface area contributed by atoms with Gasteiger partial charge in [-0.2, -0.15) is 0 Å². The Labute approximate surface area is 129 Å². The van der Waals surface area contributed by atoms with Crippen molar-refractivity contribution < 1.29 is 5.11 Å². The summed E-state index contributed by atoms with van der Waals surface area (Å²) < 4.78 is 0. The first-order valence-electron chi connectivity index (χ1n) is 7.58. The second kappa shape index (κ2) is 4.71. The first-order valence-corrected chi connectivity index (χ1v) is 8.33. The van der Waals surface area contributed by atoms with Gasteiger partial charge in [0.15, 0.2) is 5.75 Å². The zero-order valence-corrected chi connectivity index (χ0v) is 12.8. The van der Waals surface area contributed by atoms with E-state index in [2.05, 4.69) is 5.32 Å². The monoisotopic (exact) mass is 311 g/mol. The summed E-state index contributed by atoms with van der Waals surface area (Å²) >= 11 is 12.0. The van der Waals surface area contributed by atoms with E-state index in [0.717, 1.165) is 29.4 Å². The summed E-state index contributed by atoms with van der Waals surface area (Å²) in [6.45, 7) is 0. The second-order valence-corrected chi connectivity index (χ2v) is 7.51. The maximum absolute atomic E-state index is 9.63. The lowest BCUT2D eigenvalue weighted by molar-refractivity contribution is 0.243. The van der Waals surface area contributed by atoms with E-state index in [-0.39, 0.29) is 5.75 Å². The van der Waals surface area contributed by atoms with E-state index < -0.39 is 0 Å². The van der Waals surface area contributed by atoms with E-state index in [1.807, 2.05) is 0 Å². The number of aromatic hydroxyl groups is 1. The summed E-state index contributed by atoms with van der Waals surface area (Å²) in [6.07, 6.45) is 6.97. The molecule has 3 fully saturated rings. The third kappa shape index (κ3) is 1.92. The van der Waals surface area contributed by atoms with Gasteiger partial charge in [0.05, 0.1) is 10.0 Å². The van der Waals surface area contributed by atoms with Gasteiger partial charge in [0.25, 0.3) is 0 Å². The number of fused-ring (bicyclic) bond motifs is 5. The van der Waals surface area contributed by atoms with Crippen molar-refractivity contribution in [1.29, 1.82) is 0 Å². The van der Waals surface area contributed by atoms with Crippen LogP contribution in [0.25, 0.3) is 0 Å². The SMILES string of the molecule is Oc1c(Cl)cc(NC2CC3CC2C2CCCC32)cc1Cl. The Morgan fingerprint density at radius 2 is 1.70 bits per heavy atom. The van der Waals surface area contributed by atoms with Crippen molar-refractivity contribution in [2.75, 3.05) is 5.32 Å². The summed E-state index contributed by atoms with van der Waals surface area (Å²) in [7, 11) is 0. The van der Waals surface area contributed by atoms with Gasteiger partial charge in [0.1, 0.15) is 0 Å². The number of anilines is 1. The highest BCUT2D eigenvalue weighted by Gasteiger charge is 2.53. The molecule has 0 aromatic heterocycles. The van der Waals surface area contributed by atoms with Crippen molar-refractivity contribution in [3.8, 4) is 5.75 Å². The lowest BCUT2D eigenvalue weighted by Gasteiger charge is -2.32. The number of hydrogen-bond acceptors (Lipinski definition) is 2. The minimum absolute atomic E-state index is 0.0253. The number of phenolic OH excluding ortho intramolecular Hbond substituents is 1. The number of phenols is 1. The molecule has 0 aliphatic heterocycles. The molecule has 5 unspecified atom stereocenters. The maximum atomic E-state index is 9.63. The van der Waals surface area contributed by atoms with E-state index in [9.17, 15) is 5.11 Å². The zero-order chi connectivity index (χ0) is 13.9. The van der Waals surface area contributed by atoms with Crippen LogP contribution in [0.15, 0.2) is 12.1 Å². The molecular formula is C16H19Cl2NO. The number of hydrogen-bond donors (Lipinski definition) is 2. The minimum Gasteiger partial charge on any atom is -0.505 e. The van der Waals surface area contributed by atoms with E-state index >= 15 is 0 Å². The number of halogens is 2. The molecule has 2 nitrogen and oxygen atoms in total. The topological polar surface area (TPSA) is 32.3 Å². The summed E-state index contributed by atoms with van der Waals surface area (Å²) in [6, 6.07) is 4.11. The van der Waals surface area contributed by atoms with Gasteiger partial charge in [-0.25, -0.2) is 0 Å². The molecule has 0 amide bonds. The molecule has 3 aliphatic rings. The summed E-state index contributed by atoms with van der Waals surface area (Å²) in [4.78, 5) is 0. The predicted molar refractivity (Wildman–Crippen MR) is 82.6 cm³/mol. The average Bonchev–Trinajstić information content (AvgIpc) is 3.07. The molecule has 0 saturated heterocycles. The van der Waals surface area contributed by atoms with Crippen LogP contribution < -0.4 is 5.32 Å². The predicted octanol–water partition coefficient (Wildman–Crippen LogP) is 4.94. The Hall–Kier alpha value is -0.600. The maximum Gasteiger partial charge on any atom is 0.152 e. The molecule has 2 N–H and O–H groups in total. The van der Waals surface area contributed by atoms with Crippen LogP contribution in [0.4, 0.5) is 5.69 Å². The van der Waals surface area contributed by atoms with E-state index in [0.29, 0.717) is 16.1 Å². The summed E-state index contributed by atoms with van der Waals surface area (Å²) in [5.41, 5.74) is 0.935. The molecule has 0 heterocycles. The molecule has 1 aromatic rings. The molecular weight excluding hydrogens is 293 g/mol. The highest BCUT2D eigenvalue weighted by molar-refractivity contribution is 6.37. The molecule has 2 bridgehead atoms. The van der Waals surface area contributed by atoms with Crippen LogP contribution in [0.5, 0.6) is 5.75 Å². The Balaban J connectivity index is 1.53. The van der Waals surface area contributed by atoms with Crippen LogP contribution in [-0.2, 0) is 0 Å². The lowest BCUT2D eigenvalue weighted by atomic mass is 9.79. The molecule has 0 radical (unpaired) electrons. The molecule has 20 heavy (non-hydrogen) atoms. The highest BCUT2D eigenvalue weighted by Crippen LogP contribution is 2.59. The van der Waals surface area contributed by atoms with E-state index in [1.165, 1.54) is 32.1 Å². The molecule has 5 atom stereocenters. The van der Waals surface area contributed by atoms with Gasteiger partial charge in [0, 0.05) is 11.7 Å². The largest absolute Gasteiger partial charge is 0.505 e. The van der Waals surface area contributed by atoms with Crippen molar-refractivity contribution in [3.05, 3.63) is 22.2 Å². The third-order valence-electron chi connectivity index (χ3n) is 5.80. The van der Waals surface area contributed by atoms with Gasteiger partial charge in [0.2, 0.25) is 0 Å². The van der Waals surface area contributed by atoms with Crippen LogP contribution in [0.2, 0.25) is 10.0 Å². The molecule has 3 aliphatic carbocycles. The van der Waals surface area contributed by atoms with Crippen LogP contribution in [0.1, 0.15) is 32.1 Å². The number of rotatable bonds is 2. The van der Waals surface area contributed by atoms with Crippen molar-refractivity contribution in [1.82, 2.24) is 0 Å². The fraction of sp³-hybridized carbons (Fsp3) is 0.625. The van der Waals surface area contributed by atoms with Crippen molar-refractivity contribution >= 4 is 28.9 Å². The number of nitrogens with one attached hydrogen (secondary N) is 1. The summed E-state index contributed by atoms with van der Waals surface area (Å²) in [5.74, 6) is 3.66. The van der Waals surface area contributed by atoms with Crippen LogP contribution in [-0.4, -0.2) is 11.1 Å². The van der Waals surface area contributed by atoms with Gasteiger partial charge in [-0.15, -0.1) is 0 Å². The Morgan fingerprint density at radius 3 is 2.45 bits per heavy atom. The molecule has 108 valence electrons. The van der Waals surface area contributed by atoms with Crippen LogP contribution in [0, 0.1) is 23.7 Å². The fourth-order valence-electron chi connectivity index (χ4n) is 5.10. The molecule has 0 spiro atoms. The van der Waals surface area contributed by atoms with Crippen LogP contribution in [0.3, 0.4) is 0 Å². The normalized spacial score (nSPS) is 38.2. The minimum atomic E-state index is -0.0253. The van der Waals surface area contributed by atoms with Crippen LogP contribution >= 0.6 is 23.2 Å². The van der Waals surface area contributed by atoms with Gasteiger partial charge < -0.3 is 10.4 Å². The average molecular weight is 312 g/mol. The van der Waals surface area contributed by atoms with Gasteiger partial charge in [-0.05, 0) is 61.5 Å². The third-order valence-corrected chi connectivity index (χ3v) is 6.37. The van der Waals surface area contributed by atoms with Crippen molar-refractivity contribution in [3.63, 3.8) is 0 Å². The molecule has 1 aromatic carbocycles. The smallest absolute Gasteiger partial charge is 0.152 e. The van der Waals surface area contributed by atoms with Crippen molar-refractivity contribution in [2.24, 2.45) is 23.7 Å². The van der Waals surface area contributed by atoms with E-state index in [4.69, 9.17) is 23.2 Å². The first kappa shape index (κ1) is 13.1. The fourth-order valence-corrected chi connectivity index (χ4v) is 5.58. The lowest BCUT2D eigenvalue weighted by Crippen LogP contribution is -2.33. The Kier molecular flexibility index (Phi) is 3.08. The number of benzene rings is 1. The summed E-state index contributed by atoms with van der Waals surface area (Å²) in [5, 5.41) is 13.9. The zero-order valence-electron chi connectivity index (χ0n) is 11.3. The quantitative estimate of drug-likeness (QED) is 0.758. The van der Waals surface area contributed by atoms with Gasteiger partial charge in [-0.3, -0.25) is 0 Å². The van der Waals surface area contributed by atoms with Gasteiger partial charge >= 0.3 is 0 Å². The molecule has 4 heteroatoms. The molecule has 4 rings (SSSR count). The Morgan fingerprint density at radius 1 is 1.00 bits per heavy atom. The molecule has 3 saturated carbocycles. The van der Waals surface area contributed by atoms with Crippen molar-refractivity contribution in [2.45, 2.75) is 38.1 Å².